The van der Waals surface area contributed by atoms with Crippen LogP contribution < -0.4 is 4.72 Å². The maximum Gasteiger partial charge on any atom is 0.214 e. The molecule has 0 amide bonds. The fourth-order valence-corrected chi connectivity index (χ4v) is 3.05. The normalized spacial score (nSPS) is 14.1. The van der Waals surface area contributed by atoms with Gasteiger partial charge in [0, 0.05) is 6.54 Å². The molecular formula is C19H21FN2O2S. The molecule has 0 spiro atoms. The van der Waals surface area contributed by atoms with E-state index in [2.05, 4.69) is 9.57 Å². The van der Waals surface area contributed by atoms with Crippen molar-refractivity contribution in [2.45, 2.75) is 31.7 Å². The predicted octanol–water partition coefficient (Wildman–Crippen LogP) is 4.42. The third-order valence-electron chi connectivity index (χ3n) is 4.04. The van der Waals surface area contributed by atoms with Gasteiger partial charge in [-0.25, -0.2) is 22.4 Å². The first-order chi connectivity index (χ1) is 11.7. The Kier molecular flexibility index (Phi) is 5.61. The quantitative estimate of drug-likeness (QED) is 0.776. The maximum atomic E-state index is 14.9. The zero-order valence-corrected chi connectivity index (χ0v) is 15.3. The summed E-state index contributed by atoms with van der Waals surface area (Å²) in [5, 5.41) is -0.607. The van der Waals surface area contributed by atoms with E-state index in [9.17, 15) is 12.8 Å². The van der Waals surface area contributed by atoms with Crippen molar-refractivity contribution in [1.82, 2.24) is 4.72 Å². The van der Waals surface area contributed by atoms with Gasteiger partial charge in [0.2, 0.25) is 10.0 Å². The number of hydrogen-bond acceptors (Lipinski definition) is 2. The van der Waals surface area contributed by atoms with Crippen molar-refractivity contribution in [1.29, 1.82) is 0 Å². The van der Waals surface area contributed by atoms with Crippen LogP contribution in [0.1, 0.15) is 26.3 Å². The van der Waals surface area contributed by atoms with Crippen LogP contribution in [0.2, 0.25) is 0 Å². The fraction of sp³-hybridized carbons (Fsp3) is 0.316. The smallest absolute Gasteiger partial charge is 0.214 e. The van der Waals surface area contributed by atoms with Gasteiger partial charge in [0.15, 0.2) is 5.69 Å². The minimum atomic E-state index is -3.51. The molecule has 0 bridgehead atoms. The standard InChI is InChI=1S/C19H21FN2O2S/c1-14(2)25(23,24)22-13-19(3,20)17-9-5-15(6-10-17)16-7-11-18(21-4)12-8-16/h5-12,14,22H,13H2,1-3H3. The van der Waals surface area contributed by atoms with Crippen molar-refractivity contribution < 1.29 is 12.8 Å². The van der Waals surface area contributed by atoms with E-state index in [1.54, 1.807) is 50.2 Å². The Balaban J connectivity index is 2.16. The summed E-state index contributed by atoms with van der Waals surface area (Å²) >= 11 is 0. The Morgan fingerprint density at radius 2 is 1.56 bits per heavy atom. The highest BCUT2D eigenvalue weighted by Crippen LogP contribution is 2.29. The number of nitrogens with one attached hydrogen (secondary N) is 1. The van der Waals surface area contributed by atoms with Gasteiger partial charge < -0.3 is 0 Å². The predicted molar refractivity (Wildman–Crippen MR) is 98.7 cm³/mol. The number of rotatable bonds is 6. The van der Waals surface area contributed by atoms with E-state index in [4.69, 9.17) is 6.57 Å². The largest absolute Gasteiger partial charge is 0.238 e. The van der Waals surface area contributed by atoms with Gasteiger partial charge in [0.1, 0.15) is 5.67 Å². The Morgan fingerprint density at radius 1 is 1.08 bits per heavy atom. The van der Waals surface area contributed by atoms with Gasteiger partial charge >= 0.3 is 0 Å². The molecule has 1 N–H and O–H groups in total. The van der Waals surface area contributed by atoms with Crippen LogP contribution in [0.3, 0.4) is 0 Å². The molecule has 0 radical (unpaired) electrons. The molecule has 2 aromatic carbocycles. The van der Waals surface area contributed by atoms with E-state index in [1.165, 1.54) is 6.92 Å². The van der Waals surface area contributed by atoms with Gasteiger partial charge in [-0.05, 0) is 37.5 Å². The third-order valence-corrected chi connectivity index (χ3v) is 5.83. The van der Waals surface area contributed by atoms with Gasteiger partial charge in [-0.2, -0.15) is 0 Å². The minimum Gasteiger partial charge on any atom is -0.238 e. The second-order valence-corrected chi connectivity index (χ2v) is 8.67. The van der Waals surface area contributed by atoms with Crippen LogP contribution in [0.5, 0.6) is 0 Å². The molecule has 0 aliphatic rings. The van der Waals surface area contributed by atoms with E-state index >= 15 is 0 Å². The summed E-state index contributed by atoms with van der Waals surface area (Å²) in [4.78, 5) is 3.35. The topological polar surface area (TPSA) is 50.5 Å². The highest BCUT2D eigenvalue weighted by molar-refractivity contribution is 7.90. The molecule has 0 fully saturated rings. The number of nitrogens with zero attached hydrogens (tertiary/aromatic N) is 1. The number of halogens is 1. The molecule has 1 unspecified atom stereocenters. The zero-order valence-electron chi connectivity index (χ0n) is 14.5. The van der Waals surface area contributed by atoms with E-state index in [0.29, 0.717) is 11.3 Å². The Labute approximate surface area is 148 Å². The lowest BCUT2D eigenvalue weighted by atomic mass is 9.95. The van der Waals surface area contributed by atoms with E-state index < -0.39 is 20.9 Å². The van der Waals surface area contributed by atoms with Crippen LogP contribution in [0.25, 0.3) is 16.0 Å². The number of benzene rings is 2. The SMILES string of the molecule is [C-]#[N+]c1ccc(-c2ccc(C(C)(F)CNS(=O)(=O)C(C)C)cc2)cc1. The van der Waals surface area contributed by atoms with E-state index in [-0.39, 0.29) is 6.54 Å². The molecule has 132 valence electrons. The average Bonchev–Trinajstić information content (AvgIpc) is 2.60. The highest BCUT2D eigenvalue weighted by Gasteiger charge is 2.28. The molecule has 2 aromatic rings. The fourth-order valence-electron chi connectivity index (χ4n) is 2.24. The first kappa shape index (κ1) is 19.1. The first-order valence-corrected chi connectivity index (χ1v) is 9.46. The average molecular weight is 360 g/mol. The van der Waals surface area contributed by atoms with Gasteiger partial charge in [0.25, 0.3) is 0 Å². The van der Waals surface area contributed by atoms with Crippen molar-refractivity contribution in [3.8, 4) is 11.1 Å². The number of hydrogen-bond donors (Lipinski definition) is 1. The van der Waals surface area contributed by atoms with Gasteiger partial charge in [-0.1, -0.05) is 48.5 Å². The molecule has 2 rings (SSSR count). The van der Waals surface area contributed by atoms with Crippen molar-refractivity contribution in [2.75, 3.05) is 6.54 Å². The number of alkyl halides is 1. The molecule has 4 nitrogen and oxygen atoms in total. The highest BCUT2D eigenvalue weighted by atomic mass is 32.2. The van der Waals surface area contributed by atoms with Crippen molar-refractivity contribution in [3.05, 3.63) is 65.5 Å². The lowest BCUT2D eigenvalue weighted by Gasteiger charge is -2.22. The van der Waals surface area contributed by atoms with Gasteiger partial charge in [0.05, 0.1) is 11.8 Å². The summed E-state index contributed by atoms with van der Waals surface area (Å²) in [5.74, 6) is 0. The Hall–Kier alpha value is -2.23. The summed E-state index contributed by atoms with van der Waals surface area (Å²) in [5.41, 5.74) is 0.988. The lowest BCUT2D eigenvalue weighted by Crippen LogP contribution is -2.39. The molecule has 0 saturated heterocycles. The molecule has 6 heteroatoms. The lowest BCUT2D eigenvalue weighted by molar-refractivity contribution is 0.196. The maximum absolute atomic E-state index is 14.9. The van der Waals surface area contributed by atoms with Crippen molar-refractivity contribution in [2.24, 2.45) is 0 Å². The summed E-state index contributed by atoms with van der Waals surface area (Å²) in [6.07, 6.45) is 0. The molecule has 0 saturated carbocycles. The van der Waals surface area contributed by atoms with E-state index in [1.807, 2.05) is 12.1 Å². The molecule has 0 aliphatic carbocycles. The van der Waals surface area contributed by atoms with Crippen LogP contribution in [-0.2, 0) is 15.7 Å². The number of sulfonamides is 1. The van der Waals surface area contributed by atoms with Crippen LogP contribution in [0.15, 0.2) is 48.5 Å². The molecule has 1 atom stereocenters. The Bertz CT molecular complexity index is 865. The second-order valence-electron chi connectivity index (χ2n) is 6.35. The summed E-state index contributed by atoms with van der Waals surface area (Å²) in [6.45, 7) is 11.1. The molecule has 0 aromatic heterocycles. The van der Waals surface area contributed by atoms with Gasteiger partial charge in [-0.3, -0.25) is 0 Å². The first-order valence-electron chi connectivity index (χ1n) is 7.91. The molecule has 0 aliphatic heterocycles. The molecular weight excluding hydrogens is 339 g/mol. The molecule has 25 heavy (non-hydrogen) atoms. The van der Waals surface area contributed by atoms with Crippen LogP contribution in [0.4, 0.5) is 10.1 Å². The summed E-state index contributed by atoms with van der Waals surface area (Å²) in [6, 6.07) is 14.0. The summed E-state index contributed by atoms with van der Waals surface area (Å²) in [7, 11) is -3.51. The van der Waals surface area contributed by atoms with E-state index in [0.717, 1.165) is 11.1 Å². The third kappa shape index (κ3) is 4.65. The second kappa shape index (κ2) is 7.34. The van der Waals surface area contributed by atoms with Crippen molar-refractivity contribution in [3.63, 3.8) is 0 Å². The zero-order chi connectivity index (χ0) is 18.7. The monoisotopic (exact) mass is 360 g/mol. The van der Waals surface area contributed by atoms with Crippen LogP contribution >= 0.6 is 0 Å². The van der Waals surface area contributed by atoms with Crippen LogP contribution in [-0.4, -0.2) is 20.2 Å². The van der Waals surface area contributed by atoms with Crippen molar-refractivity contribution >= 4 is 15.7 Å². The Morgan fingerprint density at radius 3 is 2.00 bits per heavy atom. The summed E-state index contributed by atoms with van der Waals surface area (Å²) < 4.78 is 40.8. The molecule has 0 heterocycles. The van der Waals surface area contributed by atoms with Crippen LogP contribution in [0, 0.1) is 6.57 Å². The van der Waals surface area contributed by atoms with Gasteiger partial charge in [-0.15, -0.1) is 0 Å². The minimum absolute atomic E-state index is 0.313.